The van der Waals surface area contributed by atoms with E-state index in [1.165, 1.54) is 18.9 Å². The quantitative estimate of drug-likeness (QED) is 0.308. The third-order valence-electron chi connectivity index (χ3n) is 4.81. The SMILES string of the molecule is CCCCSc1nc2c(c(=O)[nH]1)[C@H](c1ccc(OC)cc1)C(C(=O)OC)=C(C)N2. The summed E-state index contributed by atoms with van der Waals surface area (Å²) in [5, 5.41) is 3.70. The average Bonchev–Trinajstić information content (AvgIpc) is 2.72. The molecule has 2 heterocycles. The van der Waals surface area contributed by atoms with E-state index in [0.717, 1.165) is 24.2 Å². The summed E-state index contributed by atoms with van der Waals surface area (Å²) in [6.07, 6.45) is 2.11. The van der Waals surface area contributed by atoms with Crippen LogP contribution in [0.5, 0.6) is 5.75 Å². The van der Waals surface area contributed by atoms with Gasteiger partial charge in [0.15, 0.2) is 5.16 Å². The van der Waals surface area contributed by atoms with Gasteiger partial charge in [-0.05, 0) is 31.0 Å². The number of nitrogens with one attached hydrogen (secondary N) is 2. The molecule has 0 amide bonds. The van der Waals surface area contributed by atoms with Crippen LogP contribution in [0.25, 0.3) is 0 Å². The van der Waals surface area contributed by atoms with Gasteiger partial charge in [-0.15, -0.1) is 0 Å². The first-order chi connectivity index (χ1) is 14.0. The van der Waals surface area contributed by atoms with Crippen molar-refractivity contribution in [3.8, 4) is 5.75 Å². The number of carbonyl (C=O) groups is 1. The smallest absolute Gasteiger partial charge is 0.336 e. The first kappa shape index (κ1) is 21.0. The van der Waals surface area contributed by atoms with Gasteiger partial charge in [0, 0.05) is 11.4 Å². The summed E-state index contributed by atoms with van der Waals surface area (Å²) in [6.45, 7) is 3.91. The number of fused-ring (bicyclic) bond motifs is 1. The zero-order valence-corrected chi connectivity index (χ0v) is 17.8. The number of hydrogen-bond donors (Lipinski definition) is 2. The molecule has 0 saturated carbocycles. The molecule has 1 aromatic carbocycles. The molecule has 7 nitrogen and oxygen atoms in total. The molecule has 2 aromatic rings. The van der Waals surface area contributed by atoms with Crippen LogP contribution in [0.2, 0.25) is 0 Å². The highest BCUT2D eigenvalue weighted by molar-refractivity contribution is 7.99. The predicted octanol–water partition coefficient (Wildman–Crippen LogP) is 3.68. The summed E-state index contributed by atoms with van der Waals surface area (Å²) in [6, 6.07) is 7.30. The summed E-state index contributed by atoms with van der Waals surface area (Å²) in [5.41, 5.74) is 1.93. The van der Waals surface area contributed by atoms with Crippen LogP contribution < -0.4 is 15.6 Å². The Kier molecular flexibility index (Phi) is 6.64. The van der Waals surface area contributed by atoms with Gasteiger partial charge in [-0.3, -0.25) is 4.79 Å². The largest absolute Gasteiger partial charge is 0.497 e. The number of unbranched alkanes of at least 4 members (excludes halogenated alkanes) is 1. The molecule has 3 rings (SSSR count). The first-order valence-corrected chi connectivity index (χ1v) is 10.5. The van der Waals surface area contributed by atoms with Crippen molar-refractivity contribution < 1.29 is 14.3 Å². The van der Waals surface area contributed by atoms with Gasteiger partial charge in [-0.2, -0.15) is 0 Å². The topological polar surface area (TPSA) is 93.3 Å². The second-order valence-electron chi connectivity index (χ2n) is 6.70. The summed E-state index contributed by atoms with van der Waals surface area (Å²) in [4.78, 5) is 33.1. The van der Waals surface area contributed by atoms with E-state index < -0.39 is 11.9 Å². The minimum Gasteiger partial charge on any atom is -0.497 e. The van der Waals surface area contributed by atoms with Crippen molar-refractivity contribution in [2.24, 2.45) is 0 Å². The number of thioether (sulfide) groups is 1. The van der Waals surface area contributed by atoms with Gasteiger partial charge in [-0.1, -0.05) is 37.2 Å². The van der Waals surface area contributed by atoms with Crippen molar-refractivity contribution >= 4 is 23.5 Å². The fraction of sp³-hybridized carbons (Fsp3) is 0.381. The second-order valence-corrected chi connectivity index (χ2v) is 7.78. The van der Waals surface area contributed by atoms with E-state index in [2.05, 4.69) is 22.2 Å². The first-order valence-electron chi connectivity index (χ1n) is 9.47. The number of esters is 1. The number of anilines is 1. The number of methoxy groups -OCH3 is 2. The number of H-pyrrole nitrogens is 1. The molecule has 1 aliphatic heterocycles. The van der Waals surface area contributed by atoms with E-state index in [9.17, 15) is 9.59 Å². The molecule has 2 N–H and O–H groups in total. The number of benzene rings is 1. The van der Waals surface area contributed by atoms with E-state index in [4.69, 9.17) is 9.47 Å². The lowest BCUT2D eigenvalue weighted by molar-refractivity contribution is -0.136. The van der Waals surface area contributed by atoms with E-state index in [1.807, 2.05) is 12.1 Å². The van der Waals surface area contributed by atoms with Crippen LogP contribution >= 0.6 is 11.8 Å². The van der Waals surface area contributed by atoms with E-state index in [1.54, 1.807) is 26.2 Å². The normalized spacial score (nSPS) is 15.5. The van der Waals surface area contributed by atoms with Crippen molar-refractivity contribution in [1.82, 2.24) is 9.97 Å². The van der Waals surface area contributed by atoms with Crippen molar-refractivity contribution in [1.29, 1.82) is 0 Å². The van der Waals surface area contributed by atoms with Crippen LogP contribution in [0.3, 0.4) is 0 Å². The van der Waals surface area contributed by atoms with Crippen molar-refractivity contribution in [2.75, 3.05) is 25.3 Å². The minimum absolute atomic E-state index is 0.267. The maximum Gasteiger partial charge on any atom is 0.336 e. The molecule has 1 aromatic heterocycles. The van der Waals surface area contributed by atoms with Crippen LogP contribution in [-0.2, 0) is 9.53 Å². The van der Waals surface area contributed by atoms with Gasteiger partial charge in [0.25, 0.3) is 5.56 Å². The highest BCUT2D eigenvalue weighted by Crippen LogP contribution is 2.40. The minimum atomic E-state index is -0.587. The summed E-state index contributed by atoms with van der Waals surface area (Å²) in [7, 11) is 2.92. The van der Waals surface area contributed by atoms with E-state index >= 15 is 0 Å². The average molecular weight is 416 g/mol. The number of rotatable bonds is 7. The summed E-state index contributed by atoms with van der Waals surface area (Å²) in [5.74, 6) is 0.969. The monoisotopic (exact) mass is 415 g/mol. The molecule has 0 spiro atoms. The van der Waals surface area contributed by atoms with Gasteiger partial charge in [-0.25, -0.2) is 9.78 Å². The Morgan fingerprint density at radius 1 is 1.24 bits per heavy atom. The maximum absolute atomic E-state index is 13.0. The Hall–Kier alpha value is -2.74. The Morgan fingerprint density at radius 2 is 1.97 bits per heavy atom. The van der Waals surface area contributed by atoms with Crippen molar-refractivity contribution in [3.63, 3.8) is 0 Å². The number of allylic oxidation sites excluding steroid dienone is 1. The molecule has 154 valence electrons. The Morgan fingerprint density at radius 3 is 2.59 bits per heavy atom. The van der Waals surface area contributed by atoms with E-state index in [0.29, 0.717) is 33.6 Å². The molecule has 1 aliphatic rings. The molecule has 0 saturated heterocycles. The fourth-order valence-corrected chi connectivity index (χ4v) is 4.27. The standard InChI is InChI=1S/C21H25N3O4S/c1-5-6-11-29-21-23-18-17(19(25)24-21)16(13-7-9-14(27-3)10-8-13)15(12(2)22-18)20(26)28-4/h7-10,16H,5-6,11H2,1-4H3,(H2,22,23,24,25)/t16-/m1/s1. The summed E-state index contributed by atoms with van der Waals surface area (Å²) < 4.78 is 10.2. The van der Waals surface area contributed by atoms with E-state index in [-0.39, 0.29) is 5.56 Å². The number of aromatic nitrogens is 2. The number of hydrogen-bond acceptors (Lipinski definition) is 7. The maximum atomic E-state index is 13.0. The molecule has 0 aliphatic carbocycles. The van der Waals surface area contributed by atoms with Crippen LogP contribution in [0.1, 0.15) is 43.7 Å². The highest BCUT2D eigenvalue weighted by Gasteiger charge is 2.36. The Balaban J connectivity index is 2.12. The molecular formula is C21H25N3O4S. The number of ether oxygens (including phenoxy) is 2. The summed E-state index contributed by atoms with van der Waals surface area (Å²) >= 11 is 1.52. The third kappa shape index (κ3) is 4.32. The van der Waals surface area contributed by atoms with Crippen LogP contribution in [0, 0.1) is 0 Å². The zero-order valence-electron chi connectivity index (χ0n) is 17.0. The lowest BCUT2D eigenvalue weighted by Gasteiger charge is -2.28. The molecule has 0 fully saturated rings. The molecular weight excluding hydrogens is 390 g/mol. The fourth-order valence-electron chi connectivity index (χ4n) is 3.32. The van der Waals surface area contributed by atoms with Crippen LogP contribution in [0.15, 0.2) is 45.5 Å². The molecule has 0 unspecified atom stereocenters. The predicted molar refractivity (Wildman–Crippen MR) is 114 cm³/mol. The van der Waals surface area contributed by atoms with Crippen LogP contribution in [0.4, 0.5) is 5.82 Å². The molecule has 1 atom stereocenters. The highest BCUT2D eigenvalue weighted by atomic mass is 32.2. The molecule has 8 heteroatoms. The van der Waals surface area contributed by atoms with Gasteiger partial charge in [0.1, 0.15) is 11.6 Å². The molecule has 0 bridgehead atoms. The molecule has 0 radical (unpaired) electrons. The van der Waals surface area contributed by atoms with Crippen molar-refractivity contribution in [2.45, 2.75) is 37.8 Å². The number of nitrogens with zero attached hydrogens (tertiary/aromatic N) is 1. The lowest BCUT2D eigenvalue weighted by atomic mass is 9.82. The number of aromatic amines is 1. The third-order valence-corrected chi connectivity index (χ3v) is 5.77. The van der Waals surface area contributed by atoms with Gasteiger partial charge in [0.05, 0.1) is 31.3 Å². The Labute approximate surface area is 173 Å². The Bertz CT molecular complexity index is 982. The van der Waals surface area contributed by atoms with Gasteiger partial charge >= 0.3 is 5.97 Å². The van der Waals surface area contributed by atoms with Crippen LogP contribution in [-0.4, -0.2) is 35.9 Å². The number of carbonyl (C=O) groups excluding carboxylic acids is 1. The van der Waals surface area contributed by atoms with Crippen molar-refractivity contribution in [3.05, 3.63) is 57.0 Å². The lowest BCUT2D eigenvalue weighted by Crippen LogP contribution is -2.31. The van der Waals surface area contributed by atoms with Gasteiger partial charge < -0.3 is 19.8 Å². The van der Waals surface area contributed by atoms with Gasteiger partial charge in [0.2, 0.25) is 0 Å². The zero-order chi connectivity index (χ0) is 21.0. The second kappa shape index (κ2) is 9.17. The molecule has 29 heavy (non-hydrogen) atoms.